The fourth-order valence-corrected chi connectivity index (χ4v) is 4.89. The van der Waals surface area contributed by atoms with Gasteiger partial charge in [0.05, 0.1) is 0 Å². The lowest BCUT2D eigenvalue weighted by atomic mass is 9.79. The van der Waals surface area contributed by atoms with Gasteiger partial charge in [-0.05, 0) is 75.4 Å². The van der Waals surface area contributed by atoms with E-state index in [1.807, 2.05) is 30.3 Å². The van der Waals surface area contributed by atoms with E-state index < -0.39 is 18.6 Å². The fourth-order valence-electron chi connectivity index (χ4n) is 4.89. The minimum atomic E-state index is -1.10. The van der Waals surface area contributed by atoms with E-state index in [2.05, 4.69) is 11.9 Å². The van der Waals surface area contributed by atoms with Crippen molar-refractivity contribution in [3.8, 4) is 0 Å². The third-order valence-corrected chi connectivity index (χ3v) is 7.07. The SMILES string of the molecule is CN1CCC(C2CCN(C(N)=O)CC2)CC1.O=C(O)CN(C(=O)OCc1ccccc1)c1ccccc1. The molecule has 2 saturated heterocycles. The Labute approximate surface area is 218 Å². The maximum atomic E-state index is 12.1. The minimum Gasteiger partial charge on any atom is -0.480 e. The summed E-state index contributed by atoms with van der Waals surface area (Å²) in [6.45, 7) is 3.86. The predicted molar refractivity (Wildman–Crippen MR) is 142 cm³/mol. The molecule has 0 aromatic heterocycles. The Morgan fingerprint density at radius 2 is 1.41 bits per heavy atom. The molecular formula is C28H38N4O5. The van der Waals surface area contributed by atoms with Crippen LogP contribution >= 0.6 is 0 Å². The van der Waals surface area contributed by atoms with Crippen LogP contribution in [-0.4, -0.2) is 72.8 Å². The van der Waals surface area contributed by atoms with Gasteiger partial charge in [-0.25, -0.2) is 9.59 Å². The highest BCUT2D eigenvalue weighted by atomic mass is 16.6. The van der Waals surface area contributed by atoms with E-state index in [0.717, 1.165) is 48.2 Å². The molecule has 9 heteroatoms. The molecule has 37 heavy (non-hydrogen) atoms. The predicted octanol–water partition coefficient (Wildman–Crippen LogP) is 4.03. The van der Waals surface area contributed by atoms with Crippen molar-refractivity contribution in [1.29, 1.82) is 0 Å². The van der Waals surface area contributed by atoms with Crippen molar-refractivity contribution in [2.45, 2.75) is 32.3 Å². The number of para-hydroxylation sites is 1. The average molecular weight is 511 g/mol. The molecule has 0 atom stereocenters. The van der Waals surface area contributed by atoms with Crippen molar-refractivity contribution in [1.82, 2.24) is 9.80 Å². The Hall–Kier alpha value is -3.59. The van der Waals surface area contributed by atoms with E-state index >= 15 is 0 Å². The third kappa shape index (κ3) is 9.09. The second kappa shape index (κ2) is 14.2. The first-order chi connectivity index (χ1) is 17.8. The molecule has 2 fully saturated rings. The second-order valence-corrected chi connectivity index (χ2v) is 9.66. The van der Waals surface area contributed by atoms with Crippen LogP contribution in [0.2, 0.25) is 0 Å². The molecule has 2 aliphatic rings. The van der Waals surface area contributed by atoms with E-state index in [1.54, 1.807) is 35.2 Å². The van der Waals surface area contributed by atoms with Gasteiger partial charge in [0.2, 0.25) is 0 Å². The van der Waals surface area contributed by atoms with Crippen LogP contribution in [0.15, 0.2) is 60.7 Å². The summed E-state index contributed by atoms with van der Waals surface area (Å²) in [5, 5.41) is 8.93. The number of primary amides is 1. The fraction of sp³-hybridized carbons (Fsp3) is 0.464. The molecule has 0 radical (unpaired) electrons. The first-order valence-corrected chi connectivity index (χ1v) is 12.8. The summed E-state index contributed by atoms with van der Waals surface area (Å²) in [6, 6.07) is 17.5. The first-order valence-electron chi connectivity index (χ1n) is 12.8. The number of nitrogens with two attached hydrogens (primary N) is 1. The van der Waals surface area contributed by atoms with Crippen LogP contribution in [0.25, 0.3) is 0 Å². The maximum absolute atomic E-state index is 12.1. The largest absolute Gasteiger partial charge is 0.480 e. The molecule has 4 rings (SSSR count). The third-order valence-electron chi connectivity index (χ3n) is 7.07. The average Bonchev–Trinajstić information content (AvgIpc) is 2.92. The van der Waals surface area contributed by atoms with Gasteiger partial charge in [-0.1, -0.05) is 48.5 Å². The van der Waals surface area contributed by atoms with Gasteiger partial charge < -0.3 is 25.4 Å². The van der Waals surface area contributed by atoms with E-state index in [0.29, 0.717) is 5.69 Å². The number of piperidine rings is 2. The van der Waals surface area contributed by atoms with Gasteiger partial charge in [-0.15, -0.1) is 0 Å². The summed E-state index contributed by atoms with van der Waals surface area (Å²) >= 11 is 0. The lowest BCUT2D eigenvalue weighted by Crippen LogP contribution is -2.44. The van der Waals surface area contributed by atoms with Gasteiger partial charge in [-0.2, -0.15) is 0 Å². The first kappa shape index (κ1) is 28.0. The van der Waals surface area contributed by atoms with Crippen LogP contribution in [0.1, 0.15) is 31.2 Å². The van der Waals surface area contributed by atoms with Gasteiger partial charge >= 0.3 is 18.1 Å². The molecule has 0 aliphatic carbocycles. The summed E-state index contributed by atoms with van der Waals surface area (Å²) in [7, 11) is 2.20. The van der Waals surface area contributed by atoms with Crippen LogP contribution in [0.4, 0.5) is 15.3 Å². The number of nitrogens with zero attached hydrogens (tertiary/aromatic N) is 3. The molecule has 9 nitrogen and oxygen atoms in total. The monoisotopic (exact) mass is 510 g/mol. The van der Waals surface area contributed by atoms with Gasteiger partial charge in [0.25, 0.3) is 0 Å². The van der Waals surface area contributed by atoms with E-state index in [9.17, 15) is 14.4 Å². The number of hydrogen-bond acceptors (Lipinski definition) is 5. The number of rotatable bonds is 6. The number of carboxylic acids is 1. The summed E-state index contributed by atoms with van der Waals surface area (Å²) in [5.41, 5.74) is 6.62. The molecule has 3 amide bonds. The molecule has 200 valence electrons. The Balaban J connectivity index is 0.000000213. The van der Waals surface area contributed by atoms with Gasteiger partial charge in [0.15, 0.2) is 0 Å². The number of carboxylic acid groups (broad SMARTS) is 1. The Morgan fingerprint density at radius 3 is 1.92 bits per heavy atom. The number of carbonyl (C=O) groups excluding carboxylic acids is 2. The lowest BCUT2D eigenvalue weighted by Gasteiger charge is -2.38. The molecule has 2 aliphatic heterocycles. The highest BCUT2D eigenvalue weighted by Crippen LogP contribution is 2.32. The van der Waals surface area contributed by atoms with Crippen molar-refractivity contribution in [3.05, 3.63) is 66.2 Å². The molecule has 3 N–H and O–H groups in total. The van der Waals surface area contributed by atoms with Crippen LogP contribution in [-0.2, 0) is 16.1 Å². The molecule has 0 spiro atoms. The number of benzene rings is 2. The number of anilines is 1. The van der Waals surface area contributed by atoms with Crippen molar-refractivity contribution in [3.63, 3.8) is 0 Å². The molecule has 2 heterocycles. The van der Waals surface area contributed by atoms with Crippen molar-refractivity contribution < 1.29 is 24.2 Å². The van der Waals surface area contributed by atoms with E-state index in [4.69, 9.17) is 15.6 Å². The summed E-state index contributed by atoms with van der Waals surface area (Å²) in [5.74, 6) is 0.603. The number of urea groups is 1. The summed E-state index contributed by atoms with van der Waals surface area (Å²) in [6.07, 6.45) is 4.27. The standard InChI is InChI=1S/C16H15NO4.C12H23N3O/c18-15(19)11-17(14-9-5-2-6-10-14)16(20)21-12-13-7-3-1-4-8-13;1-14-6-2-10(3-7-14)11-4-8-15(9-5-11)12(13)16/h1-10H,11-12H2,(H,18,19);10-11H,2-9H2,1H3,(H2,13,16). The van der Waals surface area contributed by atoms with Crippen LogP contribution < -0.4 is 10.6 Å². The Morgan fingerprint density at radius 1 is 0.892 bits per heavy atom. The van der Waals surface area contributed by atoms with Gasteiger partial charge in [0.1, 0.15) is 13.2 Å². The minimum absolute atomic E-state index is 0.0998. The molecule has 2 aromatic carbocycles. The number of carbonyl (C=O) groups is 3. The number of likely N-dealkylation sites (tertiary alicyclic amines) is 2. The highest BCUT2D eigenvalue weighted by molar-refractivity contribution is 5.92. The second-order valence-electron chi connectivity index (χ2n) is 9.66. The summed E-state index contributed by atoms with van der Waals surface area (Å²) < 4.78 is 5.17. The zero-order chi connectivity index (χ0) is 26.6. The lowest BCUT2D eigenvalue weighted by molar-refractivity contribution is -0.135. The van der Waals surface area contributed by atoms with E-state index in [1.165, 1.54) is 25.9 Å². The Bertz CT molecular complexity index is 988. The molecule has 0 saturated carbocycles. The molecule has 0 bridgehead atoms. The van der Waals surface area contributed by atoms with Gasteiger partial charge in [0, 0.05) is 18.8 Å². The zero-order valence-corrected chi connectivity index (χ0v) is 21.5. The van der Waals surface area contributed by atoms with Crippen LogP contribution in [0.3, 0.4) is 0 Å². The Kier molecular flexibility index (Phi) is 10.8. The zero-order valence-electron chi connectivity index (χ0n) is 21.5. The molecular weight excluding hydrogens is 472 g/mol. The maximum Gasteiger partial charge on any atom is 0.415 e. The van der Waals surface area contributed by atoms with Crippen molar-refractivity contribution >= 4 is 23.8 Å². The normalized spacial score (nSPS) is 16.8. The highest BCUT2D eigenvalue weighted by Gasteiger charge is 2.29. The van der Waals surface area contributed by atoms with Crippen molar-refractivity contribution in [2.24, 2.45) is 17.6 Å². The quantitative estimate of drug-likeness (QED) is 0.606. The molecule has 0 unspecified atom stereocenters. The smallest absolute Gasteiger partial charge is 0.415 e. The van der Waals surface area contributed by atoms with E-state index in [-0.39, 0.29) is 12.6 Å². The number of hydrogen-bond donors (Lipinski definition) is 2. The number of ether oxygens (including phenoxy) is 1. The number of aliphatic carboxylic acids is 1. The van der Waals surface area contributed by atoms with Crippen LogP contribution in [0, 0.1) is 11.8 Å². The van der Waals surface area contributed by atoms with Gasteiger partial charge in [-0.3, -0.25) is 9.69 Å². The topological polar surface area (TPSA) is 116 Å². The van der Waals surface area contributed by atoms with Crippen LogP contribution in [0.5, 0.6) is 0 Å². The number of amides is 3. The molecule has 2 aromatic rings. The summed E-state index contributed by atoms with van der Waals surface area (Å²) in [4.78, 5) is 39.3. The van der Waals surface area contributed by atoms with Crippen molar-refractivity contribution in [2.75, 3.05) is 44.7 Å².